The number of benzene rings is 9. The molecule has 3 aliphatic rings. The summed E-state index contributed by atoms with van der Waals surface area (Å²) in [6.07, 6.45) is 4.53. The molecule has 1 heterocycles. The summed E-state index contributed by atoms with van der Waals surface area (Å²) < 4.78 is 0. The Kier molecular flexibility index (Phi) is 6.53. The predicted molar refractivity (Wildman–Crippen MR) is 243 cm³/mol. The van der Waals surface area contributed by atoms with E-state index < -0.39 is 0 Å². The summed E-state index contributed by atoms with van der Waals surface area (Å²) in [6, 6.07) is 61.7. The average Bonchev–Trinajstić information content (AvgIpc) is 3.53. The fraction of sp³-hybridized carbons (Fsp3) is 0.107. The van der Waals surface area contributed by atoms with Gasteiger partial charge in [-0.2, -0.15) is 0 Å². The van der Waals surface area contributed by atoms with Gasteiger partial charge >= 0.3 is 0 Å². The minimum Gasteiger partial charge on any atom is -0.308 e. The molecule has 0 spiro atoms. The zero-order chi connectivity index (χ0) is 38.2. The number of hydrogen-bond acceptors (Lipinski definition) is 1. The molecule has 0 saturated carbocycles. The van der Waals surface area contributed by atoms with Gasteiger partial charge in [0.05, 0.1) is 17.1 Å². The summed E-state index contributed by atoms with van der Waals surface area (Å²) in [4.78, 5) is 2.52. The third-order valence-electron chi connectivity index (χ3n) is 13.6. The lowest BCUT2D eigenvalue weighted by Gasteiger charge is -2.31. The van der Waals surface area contributed by atoms with E-state index in [0.717, 1.165) is 0 Å². The van der Waals surface area contributed by atoms with Crippen molar-refractivity contribution in [1.82, 2.24) is 0 Å². The van der Waals surface area contributed by atoms with Gasteiger partial charge in [0.15, 0.2) is 0 Å². The highest BCUT2D eigenvalue weighted by molar-refractivity contribution is 6.27. The molecule has 9 aromatic carbocycles. The van der Waals surface area contributed by atoms with Gasteiger partial charge in [0.2, 0.25) is 0 Å². The van der Waals surface area contributed by atoms with Gasteiger partial charge in [0.25, 0.3) is 0 Å². The Labute approximate surface area is 334 Å². The maximum absolute atomic E-state index is 2.57. The van der Waals surface area contributed by atoms with Gasteiger partial charge in [-0.15, -0.1) is 0 Å². The molecule has 9 aromatic rings. The van der Waals surface area contributed by atoms with E-state index in [0.29, 0.717) is 0 Å². The molecule has 0 unspecified atom stereocenters. The Balaban J connectivity index is 1.26. The SMILES string of the molecule is CC1(C)c2ccccc2-c2c1ccc1c(-c3c4ccccc4c(N4c5ccccc5C=Cc5ccccc54)c4ccccc34)cc3c(c21)-c1ccccc1C3(C)C. The zero-order valence-electron chi connectivity index (χ0n) is 32.7. The van der Waals surface area contributed by atoms with E-state index in [-0.39, 0.29) is 10.8 Å². The van der Waals surface area contributed by atoms with Crippen LogP contribution in [-0.2, 0) is 10.8 Å². The quantitative estimate of drug-likeness (QED) is 0.160. The summed E-state index contributed by atoms with van der Waals surface area (Å²) in [6.45, 7) is 9.66. The predicted octanol–water partition coefficient (Wildman–Crippen LogP) is 15.4. The van der Waals surface area contributed by atoms with Crippen molar-refractivity contribution >= 4 is 61.5 Å². The second-order valence-electron chi connectivity index (χ2n) is 17.2. The van der Waals surface area contributed by atoms with Crippen molar-refractivity contribution < 1.29 is 0 Å². The van der Waals surface area contributed by atoms with Crippen LogP contribution in [0.4, 0.5) is 17.1 Å². The first-order valence-electron chi connectivity index (χ1n) is 20.3. The Morgan fingerprint density at radius 3 is 1.39 bits per heavy atom. The topological polar surface area (TPSA) is 3.24 Å². The van der Waals surface area contributed by atoms with E-state index in [2.05, 4.69) is 209 Å². The first-order chi connectivity index (χ1) is 27.8. The van der Waals surface area contributed by atoms with Crippen molar-refractivity contribution in [3.8, 4) is 33.4 Å². The molecule has 0 radical (unpaired) electrons. The second-order valence-corrected chi connectivity index (χ2v) is 17.2. The van der Waals surface area contributed by atoms with Crippen molar-refractivity contribution in [2.24, 2.45) is 0 Å². The molecule has 0 fully saturated rings. The molecule has 1 nitrogen and oxygen atoms in total. The molecule has 270 valence electrons. The molecule has 12 rings (SSSR count). The maximum atomic E-state index is 2.57. The van der Waals surface area contributed by atoms with Crippen LogP contribution in [0, 0.1) is 0 Å². The fourth-order valence-corrected chi connectivity index (χ4v) is 10.9. The summed E-state index contributed by atoms with van der Waals surface area (Å²) >= 11 is 0. The molecule has 0 saturated heterocycles. The number of para-hydroxylation sites is 2. The minimum absolute atomic E-state index is 0.105. The lowest BCUT2D eigenvalue weighted by atomic mass is 9.77. The molecule has 0 bridgehead atoms. The Morgan fingerprint density at radius 2 is 0.807 bits per heavy atom. The van der Waals surface area contributed by atoms with Crippen LogP contribution < -0.4 is 4.90 Å². The zero-order valence-corrected chi connectivity index (χ0v) is 32.7. The first-order valence-corrected chi connectivity index (χ1v) is 20.3. The lowest BCUT2D eigenvalue weighted by molar-refractivity contribution is 0.660. The van der Waals surface area contributed by atoms with Gasteiger partial charge in [-0.3, -0.25) is 0 Å². The van der Waals surface area contributed by atoms with E-state index >= 15 is 0 Å². The minimum atomic E-state index is -0.177. The highest BCUT2D eigenvalue weighted by Gasteiger charge is 2.42. The lowest BCUT2D eigenvalue weighted by Crippen LogP contribution is -2.15. The van der Waals surface area contributed by atoms with Gasteiger partial charge in [-0.05, 0) is 107 Å². The highest BCUT2D eigenvalue weighted by atomic mass is 15.2. The number of hydrogen-bond donors (Lipinski definition) is 0. The van der Waals surface area contributed by atoms with E-state index in [1.54, 1.807) is 0 Å². The van der Waals surface area contributed by atoms with Gasteiger partial charge < -0.3 is 4.90 Å². The molecule has 0 aromatic heterocycles. The molecule has 0 N–H and O–H groups in total. The Hall–Kier alpha value is -6.70. The largest absolute Gasteiger partial charge is 0.308 e. The van der Waals surface area contributed by atoms with Crippen LogP contribution >= 0.6 is 0 Å². The Morgan fingerprint density at radius 1 is 0.351 bits per heavy atom. The molecule has 1 heteroatoms. The summed E-state index contributed by atoms with van der Waals surface area (Å²) in [7, 11) is 0. The molecule has 0 amide bonds. The number of nitrogens with zero attached hydrogens (tertiary/aromatic N) is 1. The van der Waals surface area contributed by atoms with Crippen molar-refractivity contribution in [2.45, 2.75) is 38.5 Å². The van der Waals surface area contributed by atoms with Gasteiger partial charge in [0, 0.05) is 21.6 Å². The van der Waals surface area contributed by atoms with E-state index in [1.807, 2.05) is 0 Å². The molecular weight excluding hydrogens is 687 g/mol. The summed E-state index contributed by atoms with van der Waals surface area (Å²) in [5.41, 5.74) is 19.4. The van der Waals surface area contributed by atoms with Crippen LogP contribution in [0.25, 0.3) is 77.9 Å². The molecule has 0 atom stereocenters. The third-order valence-corrected chi connectivity index (χ3v) is 13.6. The van der Waals surface area contributed by atoms with Crippen molar-refractivity contribution in [3.05, 3.63) is 197 Å². The van der Waals surface area contributed by atoms with E-state index in [1.165, 1.54) is 116 Å². The van der Waals surface area contributed by atoms with Crippen molar-refractivity contribution in [1.29, 1.82) is 0 Å². The molecule has 57 heavy (non-hydrogen) atoms. The number of rotatable bonds is 2. The van der Waals surface area contributed by atoms with Gasteiger partial charge in [-0.25, -0.2) is 0 Å². The molecule has 2 aliphatic carbocycles. The normalized spacial score (nSPS) is 15.2. The third kappa shape index (κ3) is 4.24. The van der Waals surface area contributed by atoms with Crippen LogP contribution in [0.3, 0.4) is 0 Å². The van der Waals surface area contributed by atoms with Crippen LogP contribution in [0.15, 0.2) is 164 Å². The second kappa shape index (κ2) is 11.4. The number of fused-ring (bicyclic) bond motifs is 13. The molecular formula is C56H41N. The average molecular weight is 728 g/mol. The standard InChI is InChI=1S/C56H41N/c1-55(2)44-25-13-11-23-41(44)51-46(55)32-31-38-43(33-47-52(53(38)51)42-24-12-14-26-45(42)56(47,3)4)50-36-19-7-9-21-39(36)54(40-22-10-8-20-37(40)50)57-48-27-15-5-17-34(48)29-30-35-18-6-16-28-49(35)57/h5-33H,1-4H3. The van der Waals surface area contributed by atoms with Crippen LogP contribution in [0.2, 0.25) is 0 Å². The maximum Gasteiger partial charge on any atom is 0.0619 e. The van der Waals surface area contributed by atoms with E-state index in [4.69, 9.17) is 0 Å². The van der Waals surface area contributed by atoms with Crippen LogP contribution in [-0.4, -0.2) is 0 Å². The first kappa shape index (κ1) is 32.5. The fourth-order valence-electron chi connectivity index (χ4n) is 10.9. The van der Waals surface area contributed by atoms with Gasteiger partial charge in [-0.1, -0.05) is 185 Å². The van der Waals surface area contributed by atoms with Crippen LogP contribution in [0.5, 0.6) is 0 Å². The Bertz CT molecular complexity index is 3120. The monoisotopic (exact) mass is 727 g/mol. The number of anilines is 3. The van der Waals surface area contributed by atoms with Crippen molar-refractivity contribution in [3.63, 3.8) is 0 Å². The van der Waals surface area contributed by atoms with E-state index in [9.17, 15) is 0 Å². The smallest absolute Gasteiger partial charge is 0.0619 e. The van der Waals surface area contributed by atoms with Crippen LogP contribution in [0.1, 0.15) is 61.1 Å². The summed E-state index contributed by atoms with van der Waals surface area (Å²) in [5, 5.41) is 7.69. The van der Waals surface area contributed by atoms with Gasteiger partial charge in [0.1, 0.15) is 0 Å². The van der Waals surface area contributed by atoms with Crippen molar-refractivity contribution in [2.75, 3.05) is 4.90 Å². The summed E-state index contributed by atoms with van der Waals surface area (Å²) in [5.74, 6) is 0. The molecule has 1 aliphatic heterocycles. The highest BCUT2D eigenvalue weighted by Crippen LogP contribution is 2.60.